The zero-order valence-corrected chi connectivity index (χ0v) is 9.13. The molecule has 0 heterocycles. The van der Waals surface area contributed by atoms with Gasteiger partial charge in [-0.15, -0.1) is 0 Å². The van der Waals surface area contributed by atoms with Crippen LogP contribution in [-0.4, -0.2) is 7.11 Å². The van der Waals surface area contributed by atoms with E-state index in [2.05, 4.69) is 0 Å². The Hall–Kier alpha value is -1.05. The molecule has 0 aliphatic heterocycles. The third kappa shape index (κ3) is 2.31. The lowest BCUT2D eigenvalue weighted by Gasteiger charge is -2.22. The molecule has 0 radical (unpaired) electrons. The quantitative estimate of drug-likeness (QED) is 0.716. The molecular weight excluding hydrogens is 191 g/mol. The molecule has 0 unspecified atom stereocenters. The molecule has 1 nitrogen and oxygen atoms in total. The summed E-state index contributed by atoms with van der Waals surface area (Å²) in [6.45, 7) is 0. The first-order valence-corrected chi connectivity index (χ1v) is 5.64. The first kappa shape index (κ1) is 10.5. The Morgan fingerprint density at radius 1 is 1.20 bits per heavy atom. The second-order valence-corrected chi connectivity index (χ2v) is 4.22. The topological polar surface area (TPSA) is 9.23 Å². The van der Waals surface area contributed by atoms with E-state index < -0.39 is 0 Å². The maximum absolute atomic E-state index is 13.7. The van der Waals surface area contributed by atoms with Crippen LogP contribution in [0.25, 0.3) is 0 Å². The van der Waals surface area contributed by atoms with Crippen LogP contribution in [0.1, 0.15) is 43.6 Å². The molecule has 0 aromatic heterocycles. The van der Waals surface area contributed by atoms with Gasteiger partial charge in [-0.1, -0.05) is 25.3 Å². The molecule has 0 spiro atoms. The Labute approximate surface area is 90.3 Å². The van der Waals surface area contributed by atoms with Crippen molar-refractivity contribution in [1.82, 2.24) is 0 Å². The van der Waals surface area contributed by atoms with Crippen LogP contribution < -0.4 is 4.74 Å². The maximum atomic E-state index is 13.7. The van der Waals surface area contributed by atoms with Crippen molar-refractivity contribution in [2.24, 2.45) is 0 Å². The molecule has 1 aromatic carbocycles. The molecule has 2 rings (SSSR count). The van der Waals surface area contributed by atoms with Crippen LogP contribution in [0.4, 0.5) is 4.39 Å². The summed E-state index contributed by atoms with van der Waals surface area (Å²) < 4.78 is 18.7. The normalized spacial score (nSPS) is 17.7. The van der Waals surface area contributed by atoms with Gasteiger partial charge in [0.05, 0.1) is 7.11 Å². The van der Waals surface area contributed by atoms with Crippen molar-refractivity contribution in [3.8, 4) is 5.75 Å². The number of ether oxygens (including phenoxy) is 1. The smallest absolute Gasteiger partial charge is 0.130 e. The van der Waals surface area contributed by atoms with Gasteiger partial charge in [0, 0.05) is 6.07 Å². The molecule has 0 saturated heterocycles. The van der Waals surface area contributed by atoms with E-state index in [0.717, 1.165) is 18.4 Å². The van der Waals surface area contributed by atoms with Gasteiger partial charge in [0.15, 0.2) is 0 Å². The van der Waals surface area contributed by atoms with E-state index in [1.54, 1.807) is 7.11 Å². The van der Waals surface area contributed by atoms with E-state index in [0.29, 0.717) is 11.7 Å². The molecule has 1 saturated carbocycles. The van der Waals surface area contributed by atoms with E-state index in [9.17, 15) is 4.39 Å². The fraction of sp³-hybridized carbons (Fsp3) is 0.538. The Bertz CT molecular complexity index is 329. The first-order chi connectivity index (χ1) is 7.31. The second kappa shape index (κ2) is 4.65. The largest absolute Gasteiger partial charge is 0.497 e. The average molecular weight is 208 g/mol. The Morgan fingerprint density at radius 2 is 1.93 bits per heavy atom. The van der Waals surface area contributed by atoms with Crippen LogP contribution in [0.2, 0.25) is 0 Å². The molecule has 1 aliphatic carbocycles. The lowest BCUT2D eigenvalue weighted by molar-refractivity contribution is 0.404. The lowest BCUT2D eigenvalue weighted by Crippen LogP contribution is -2.06. The summed E-state index contributed by atoms with van der Waals surface area (Å²) in [4.78, 5) is 0. The molecule has 1 aromatic rings. The monoisotopic (exact) mass is 208 g/mol. The summed E-state index contributed by atoms with van der Waals surface area (Å²) in [6.07, 6.45) is 6.02. The average Bonchev–Trinajstić information content (AvgIpc) is 2.30. The minimum Gasteiger partial charge on any atom is -0.497 e. The third-order valence-corrected chi connectivity index (χ3v) is 3.25. The molecule has 1 fully saturated rings. The van der Waals surface area contributed by atoms with Crippen LogP contribution in [0.3, 0.4) is 0 Å². The number of rotatable bonds is 2. The molecule has 0 amide bonds. The van der Waals surface area contributed by atoms with E-state index >= 15 is 0 Å². The van der Waals surface area contributed by atoms with E-state index in [1.807, 2.05) is 12.1 Å². The van der Waals surface area contributed by atoms with E-state index in [4.69, 9.17) is 4.74 Å². The van der Waals surface area contributed by atoms with Gasteiger partial charge in [0.2, 0.25) is 0 Å². The van der Waals surface area contributed by atoms with Crippen LogP contribution >= 0.6 is 0 Å². The summed E-state index contributed by atoms with van der Waals surface area (Å²) >= 11 is 0. The standard InChI is InChI=1S/C13H17FO/c1-15-11-7-8-12(13(14)9-11)10-5-3-2-4-6-10/h7-10H,2-6H2,1H3. The summed E-state index contributed by atoms with van der Waals surface area (Å²) in [6, 6.07) is 5.22. The van der Waals surface area contributed by atoms with Crippen molar-refractivity contribution in [2.45, 2.75) is 38.0 Å². The maximum Gasteiger partial charge on any atom is 0.130 e. The van der Waals surface area contributed by atoms with Crippen molar-refractivity contribution in [3.05, 3.63) is 29.6 Å². The fourth-order valence-electron chi connectivity index (χ4n) is 2.38. The van der Waals surface area contributed by atoms with Gasteiger partial charge >= 0.3 is 0 Å². The van der Waals surface area contributed by atoms with E-state index in [1.165, 1.54) is 25.3 Å². The lowest BCUT2D eigenvalue weighted by atomic mass is 9.84. The molecular formula is C13H17FO. The van der Waals surface area contributed by atoms with Crippen molar-refractivity contribution in [1.29, 1.82) is 0 Å². The summed E-state index contributed by atoms with van der Waals surface area (Å²) in [5, 5.41) is 0. The highest BCUT2D eigenvalue weighted by atomic mass is 19.1. The predicted molar refractivity (Wildman–Crippen MR) is 58.8 cm³/mol. The van der Waals surface area contributed by atoms with Gasteiger partial charge < -0.3 is 4.74 Å². The number of hydrogen-bond donors (Lipinski definition) is 0. The van der Waals surface area contributed by atoms with Crippen LogP contribution in [0.15, 0.2) is 18.2 Å². The number of hydrogen-bond acceptors (Lipinski definition) is 1. The molecule has 2 heteroatoms. The van der Waals surface area contributed by atoms with Gasteiger partial charge in [-0.05, 0) is 30.4 Å². The Kier molecular flexibility index (Phi) is 3.24. The number of halogens is 1. The number of benzene rings is 1. The summed E-state index contributed by atoms with van der Waals surface area (Å²) in [7, 11) is 1.56. The third-order valence-electron chi connectivity index (χ3n) is 3.25. The van der Waals surface area contributed by atoms with Crippen molar-refractivity contribution in [2.75, 3.05) is 7.11 Å². The van der Waals surface area contributed by atoms with Gasteiger partial charge in [0.1, 0.15) is 11.6 Å². The Balaban J connectivity index is 2.19. The summed E-state index contributed by atoms with van der Waals surface area (Å²) in [5.74, 6) is 0.915. The number of methoxy groups -OCH3 is 1. The molecule has 15 heavy (non-hydrogen) atoms. The van der Waals surface area contributed by atoms with Crippen LogP contribution in [0, 0.1) is 5.82 Å². The highest BCUT2D eigenvalue weighted by Crippen LogP contribution is 2.34. The molecule has 0 bridgehead atoms. The molecule has 0 N–H and O–H groups in total. The zero-order chi connectivity index (χ0) is 10.7. The van der Waals surface area contributed by atoms with Crippen molar-refractivity contribution < 1.29 is 9.13 Å². The summed E-state index contributed by atoms with van der Waals surface area (Å²) in [5.41, 5.74) is 0.871. The van der Waals surface area contributed by atoms with Crippen LogP contribution in [-0.2, 0) is 0 Å². The fourth-order valence-corrected chi connectivity index (χ4v) is 2.38. The molecule has 82 valence electrons. The van der Waals surface area contributed by atoms with E-state index in [-0.39, 0.29) is 5.82 Å². The second-order valence-electron chi connectivity index (χ2n) is 4.22. The van der Waals surface area contributed by atoms with Crippen LogP contribution in [0.5, 0.6) is 5.75 Å². The SMILES string of the molecule is COc1ccc(C2CCCCC2)c(F)c1. The van der Waals surface area contributed by atoms with Crippen molar-refractivity contribution in [3.63, 3.8) is 0 Å². The minimum absolute atomic E-state index is 0.110. The zero-order valence-electron chi connectivity index (χ0n) is 9.13. The van der Waals surface area contributed by atoms with Crippen molar-refractivity contribution >= 4 is 0 Å². The highest BCUT2D eigenvalue weighted by Gasteiger charge is 2.18. The first-order valence-electron chi connectivity index (χ1n) is 5.64. The van der Waals surface area contributed by atoms with Gasteiger partial charge in [-0.2, -0.15) is 0 Å². The van der Waals surface area contributed by atoms with Gasteiger partial charge in [0.25, 0.3) is 0 Å². The highest BCUT2D eigenvalue weighted by molar-refractivity contribution is 5.31. The predicted octanol–water partition coefficient (Wildman–Crippen LogP) is 3.88. The molecule has 0 atom stereocenters. The van der Waals surface area contributed by atoms with Gasteiger partial charge in [-0.25, -0.2) is 4.39 Å². The Morgan fingerprint density at radius 3 is 2.53 bits per heavy atom. The minimum atomic E-state index is -0.110. The molecule has 1 aliphatic rings. The van der Waals surface area contributed by atoms with Gasteiger partial charge in [-0.3, -0.25) is 0 Å².